The minimum absolute atomic E-state index is 0.0280. The SMILES string of the molecule is Cc1cc(C(C)(C)c2cc(I)c(O)c(Cc3cc(C(C)(C)C4=CC(I)=C(O)C(I)C4)cc(I)c3O)c2)cc(I)c1O. The summed E-state index contributed by atoms with van der Waals surface area (Å²) in [5, 5.41) is 43.0. The van der Waals surface area contributed by atoms with Crippen molar-refractivity contribution in [3.63, 3.8) is 0 Å². The maximum atomic E-state index is 11.2. The maximum Gasteiger partial charge on any atom is 0.132 e. The number of aryl methyl sites for hydroxylation is 1. The van der Waals surface area contributed by atoms with Gasteiger partial charge in [-0.25, -0.2) is 0 Å². The molecule has 1 aliphatic rings. The van der Waals surface area contributed by atoms with Crippen LogP contribution < -0.4 is 0 Å². The average molecular weight is 1110 g/mol. The van der Waals surface area contributed by atoms with Gasteiger partial charge in [-0.05, 0) is 161 Å². The van der Waals surface area contributed by atoms with Gasteiger partial charge in [-0.2, -0.15) is 0 Å². The Hall–Kier alpha value is -0.0100. The lowest BCUT2D eigenvalue weighted by Gasteiger charge is -2.33. The quantitative estimate of drug-likeness (QED) is 0.147. The average Bonchev–Trinajstić information content (AvgIpc) is 2.89. The molecule has 3 aromatic rings. The van der Waals surface area contributed by atoms with E-state index in [1.807, 2.05) is 37.3 Å². The van der Waals surface area contributed by atoms with Gasteiger partial charge >= 0.3 is 0 Å². The Balaban J connectivity index is 1.78. The lowest BCUT2D eigenvalue weighted by Crippen LogP contribution is -2.25. The zero-order valence-electron chi connectivity index (χ0n) is 23.2. The second-order valence-corrected chi connectivity index (χ2v) is 17.7. The van der Waals surface area contributed by atoms with Crippen LogP contribution in [0.1, 0.15) is 67.5 Å². The molecule has 0 aliphatic heterocycles. The molecule has 3 aromatic carbocycles. The van der Waals surface area contributed by atoms with Crippen molar-refractivity contribution in [2.24, 2.45) is 0 Å². The topological polar surface area (TPSA) is 80.9 Å². The number of phenolic OH excluding ortho intramolecular Hbond substituents is 3. The standard InChI is InChI=1S/C32H31I5O4/c1-15-6-18(10-22(33)27(15)38)31(2,3)19-8-16(28(39)23(34)11-19)7-17-9-20(12-24(35)29(17)40)32(4,5)21-13-25(36)30(41)26(37)14-21/h6,8-13,26,38-41H,7,14H2,1-5H3. The van der Waals surface area contributed by atoms with Gasteiger partial charge in [-0.15, -0.1) is 0 Å². The fraction of sp³-hybridized carbons (Fsp3) is 0.312. The number of hydrogen-bond acceptors (Lipinski definition) is 4. The van der Waals surface area contributed by atoms with Crippen LogP contribution in [0.3, 0.4) is 0 Å². The van der Waals surface area contributed by atoms with E-state index in [2.05, 4.69) is 153 Å². The summed E-state index contributed by atoms with van der Waals surface area (Å²) in [7, 11) is 0. The van der Waals surface area contributed by atoms with E-state index < -0.39 is 0 Å². The van der Waals surface area contributed by atoms with Crippen LogP contribution in [-0.4, -0.2) is 24.4 Å². The van der Waals surface area contributed by atoms with Crippen LogP contribution in [0, 0.1) is 17.6 Å². The van der Waals surface area contributed by atoms with E-state index in [9.17, 15) is 20.4 Å². The van der Waals surface area contributed by atoms with Gasteiger partial charge in [0, 0.05) is 17.3 Å². The number of benzene rings is 3. The molecule has 1 atom stereocenters. The minimum atomic E-state index is -0.388. The molecule has 1 aliphatic carbocycles. The van der Waals surface area contributed by atoms with Gasteiger partial charge in [-0.1, -0.05) is 74.1 Å². The van der Waals surface area contributed by atoms with Crippen molar-refractivity contribution in [2.75, 3.05) is 0 Å². The second-order valence-electron chi connectivity index (χ2n) is 11.6. The van der Waals surface area contributed by atoms with Gasteiger partial charge in [0.05, 0.1) is 18.2 Å². The maximum absolute atomic E-state index is 11.2. The highest BCUT2D eigenvalue weighted by molar-refractivity contribution is 14.1. The molecule has 4 nitrogen and oxygen atoms in total. The predicted molar refractivity (Wildman–Crippen MR) is 209 cm³/mol. The molecule has 0 spiro atoms. The molecular formula is C32H31I5O4. The molecule has 1 unspecified atom stereocenters. The van der Waals surface area contributed by atoms with Crippen LogP contribution in [-0.2, 0) is 17.3 Å². The second kappa shape index (κ2) is 12.8. The third-order valence-electron chi connectivity index (χ3n) is 8.13. The first kappa shape index (κ1) is 33.9. The van der Waals surface area contributed by atoms with Gasteiger partial charge in [0.2, 0.25) is 0 Å². The van der Waals surface area contributed by atoms with Gasteiger partial charge in [0.25, 0.3) is 0 Å². The number of alkyl halides is 1. The summed E-state index contributed by atoms with van der Waals surface area (Å²) in [6, 6.07) is 12.2. The summed E-state index contributed by atoms with van der Waals surface area (Å²) in [5.74, 6) is 1.18. The molecule has 0 saturated carbocycles. The van der Waals surface area contributed by atoms with Crippen molar-refractivity contribution < 1.29 is 20.4 Å². The lowest BCUT2D eigenvalue weighted by atomic mass is 9.74. The third kappa shape index (κ3) is 6.82. The first-order valence-electron chi connectivity index (χ1n) is 12.9. The predicted octanol–water partition coefficient (Wildman–Crippen LogP) is 10.5. The highest BCUT2D eigenvalue weighted by atomic mass is 127. The van der Waals surface area contributed by atoms with Crippen molar-refractivity contribution in [3.8, 4) is 17.2 Å². The number of aliphatic hydroxyl groups is 1. The zero-order chi connectivity index (χ0) is 30.6. The number of aliphatic hydroxyl groups excluding tert-OH is 1. The van der Waals surface area contributed by atoms with Crippen LogP contribution in [0.25, 0.3) is 0 Å². The van der Waals surface area contributed by atoms with Crippen LogP contribution in [0.5, 0.6) is 17.2 Å². The highest BCUT2D eigenvalue weighted by Crippen LogP contribution is 2.45. The Morgan fingerprint density at radius 2 is 1.12 bits per heavy atom. The van der Waals surface area contributed by atoms with Crippen molar-refractivity contribution >= 4 is 113 Å². The van der Waals surface area contributed by atoms with E-state index in [1.54, 1.807) is 0 Å². The van der Waals surface area contributed by atoms with Gasteiger partial charge in [0.1, 0.15) is 23.0 Å². The fourth-order valence-electron chi connectivity index (χ4n) is 5.12. The number of hydrogen-bond donors (Lipinski definition) is 4. The van der Waals surface area contributed by atoms with Crippen molar-refractivity contribution in [1.82, 2.24) is 0 Å². The van der Waals surface area contributed by atoms with Gasteiger partial charge in [0.15, 0.2) is 0 Å². The normalized spacial score (nSPS) is 16.2. The molecule has 0 fully saturated rings. The number of rotatable bonds is 6. The van der Waals surface area contributed by atoms with Crippen LogP contribution in [0.15, 0.2) is 57.4 Å². The highest BCUT2D eigenvalue weighted by Gasteiger charge is 2.33. The third-order valence-corrected chi connectivity index (χ3v) is 12.5. The number of aromatic hydroxyl groups is 3. The van der Waals surface area contributed by atoms with E-state index in [0.717, 1.165) is 54.1 Å². The Morgan fingerprint density at radius 3 is 1.59 bits per heavy atom. The van der Waals surface area contributed by atoms with Crippen LogP contribution in [0.2, 0.25) is 0 Å². The summed E-state index contributed by atoms with van der Waals surface area (Å²) in [6.07, 6.45) is 3.21. The molecule has 0 saturated heterocycles. The Morgan fingerprint density at radius 1 is 0.683 bits per heavy atom. The lowest BCUT2D eigenvalue weighted by molar-refractivity contribution is 0.389. The van der Waals surface area contributed by atoms with E-state index in [4.69, 9.17) is 0 Å². The Labute approximate surface area is 310 Å². The van der Waals surface area contributed by atoms with E-state index in [1.165, 1.54) is 5.57 Å². The van der Waals surface area contributed by atoms with E-state index in [0.29, 0.717) is 17.9 Å². The number of allylic oxidation sites excluding steroid dienone is 4. The molecule has 0 radical (unpaired) electrons. The van der Waals surface area contributed by atoms with Crippen LogP contribution >= 0.6 is 113 Å². The minimum Gasteiger partial charge on any atom is -0.510 e. The molecule has 4 N–H and O–H groups in total. The Kier molecular flexibility index (Phi) is 10.6. The summed E-state index contributed by atoms with van der Waals surface area (Å²) in [4.78, 5) is 0. The number of halogens is 5. The monoisotopic (exact) mass is 1110 g/mol. The molecule has 0 bridgehead atoms. The van der Waals surface area contributed by atoms with Crippen molar-refractivity contribution in [2.45, 2.75) is 62.2 Å². The summed E-state index contributed by atoms with van der Waals surface area (Å²) in [6.45, 7) is 10.6. The van der Waals surface area contributed by atoms with Crippen molar-refractivity contribution in [3.05, 3.63) is 101 Å². The summed E-state index contributed by atoms with van der Waals surface area (Å²) >= 11 is 11.0. The molecule has 41 heavy (non-hydrogen) atoms. The smallest absolute Gasteiger partial charge is 0.132 e. The molecule has 0 aromatic heterocycles. The fourth-order valence-corrected chi connectivity index (χ4v) is 9.40. The van der Waals surface area contributed by atoms with E-state index in [-0.39, 0.29) is 26.3 Å². The molecule has 0 amide bonds. The largest absolute Gasteiger partial charge is 0.510 e. The molecule has 4 rings (SSSR count). The molecular weight excluding hydrogens is 1080 g/mol. The van der Waals surface area contributed by atoms with Crippen molar-refractivity contribution in [1.29, 1.82) is 0 Å². The van der Waals surface area contributed by atoms with Gasteiger partial charge < -0.3 is 20.4 Å². The number of phenols is 3. The molecule has 218 valence electrons. The van der Waals surface area contributed by atoms with Crippen LogP contribution in [0.4, 0.5) is 0 Å². The molecule has 0 heterocycles. The first-order chi connectivity index (χ1) is 18.9. The van der Waals surface area contributed by atoms with Gasteiger partial charge in [-0.3, -0.25) is 0 Å². The van der Waals surface area contributed by atoms with E-state index >= 15 is 0 Å². The zero-order valence-corrected chi connectivity index (χ0v) is 34.0. The first-order valence-corrected chi connectivity index (χ1v) is 18.5. The summed E-state index contributed by atoms with van der Waals surface area (Å²) in [5.41, 5.74) is 6.05. The molecule has 9 heteroatoms. The Bertz CT molecular complexity index is 1580. The summed E-state index contributed by atoms with van der Waals surface area (Å²) < 4.78 is 3.21.